The quantitative estimate of drug-likeness (QED) is 0.391. The molecule has 3 aromatic carbocycles. The van der Waals surface area contributed by atoms with Gasteiger partial charge in [0.15, 0.2) is 0 Å². The molecule has 0 bridgehead atoms. The number of fused-ring (bicyclic) bond motifs is 1. The lowest BCUT2D eigenvalue weighted by atomic mass is 10.0. The summed E-state index contributed by atoms with van der Waals surface area (Å²) in [5, 5.41) is 4.65. The zero-order valence-corrected chi connectivity index (χ0v) is 18.0. The topological polar surface area (TPSA) is 42.0 Å². The van der Waals surface area contributed by atoms with Gasteiger partial charge < -0.3 is 5.32 Å². The summed E-state index contributed by atoms with van der Waals surface area (Å²) in [4.78, 5) is 18.2. The fourth-order valence-electron chi connectivity index (χ4n) is 3.64. The lowest BCUT2D eigenvalue weighted by Gasteiger charge is -2.14. The molecule has 0 atom stereocenters. The van der Waals surface area contributed by atoms with E-state index in [1.807, 2.05) is 68.4 Å². The van der Waals surface area contributed by atoms with Crippen molar-refractivity contribution >= 4 is 34.1 Å². The average molecular weight is 415 g/mol. The minimum atomic E-state index is -0.136. The Bertz CT molecular complexity index is 1230. The number of halogens is 1. The Hall–Kier alpha value is -3.17. The van der Waals surface area contributed by atoms with Crippen LogP contribution in [0.25, 0.3) is 22.2 Å². The highest BCUT2D eigenvalue weighted by Crippen LogP contribution is 2.28. The van der Waals surface area contributed by atoms with E-state index in [2.05, 4.69) is 24.4 Å². The molecule has 0 aliphatic heterocycles. The Balaban J connectivity index is 1.87. The highest BCUT2D eigenvalue weighted by atomic mass is 35.5. The predicted molar refractivity (Wildman–Crippen MR) is 125 cm³/mol. The Morgan fingerprint density at radius 1 is 0.967 bits per heavy atom. The smallest absolute Gasteiger partial charge is 0.256 e. The molecule has 0 fully saturated rings. The summed E-state index contributed by atoms with van der Waals surface area (Å²) in [7, 11) is 0. The number of nitrogens with one attached hydrogen (secondary N) is 1. The van der Waals surface area contributed by atoms with E-state index in [0.29, 0.717) is 10.6 Å². The zero-order chi connectivity index (χ0) is 21.3. The molecule has 150 valence electrons. The van der Waals surface area contributed by atoms with Crippen LogP contribution in [-0.4, -0.2) is 10.9 Å². The van der Waals surface area contributed by atoms with E-state index in [0.717, 1.165) is 45.4 Å². The largest absolute Gasteiger partial charge is 0.321 e. The molecule has 30 heavy (non-hydrogen) atoms. The molecule has 4 heteroatoms. The maximum atomic E-state index is 13.4. The van der Waals surface area contributed by atoms with Crippen LogP contribution in [0.2, 0.25) is 5.02 Å². The molecule has 1 heterocycles. The second-order valence-electron chi connectivity index (χ2n) is 7.49. The molecule has 0 aliphatic rings. The highest BCUT2D eigenvalue weighted by Gasteiger charge is 2.16. The molecule has 3 nitrogen and oxygen atoms in total. The van der Waals surface area contributed by atoms with Gasteiger partial charge in [0, 0.05) is 21.7 Å². The van der Waals surface area contributed by atoms with Crippen LogP contribution < -0.4 is 5.32 Å². The van der Waals surface area contributed by atoms with E-state index in [1.165, 1.54) is 5.56 Å². The van der Waals surface area contributed by atoms with Crippen molar-refractivity contribution < 1.29 is 4.79 Å². The average Bonchev–Trinajstić information content (AvgIpc) is 2.75. The third-order valence-electron chi connectivity index (χ3n) is 5.39. The number of carbonyl (C=O) groups is 1. The first kappa shape index (κ1) is 20.1. The van der Waals surface area contributed by atoms with Gasteiger partial charge in [-0.05, 0) is 67.3 Å². The van der Waals surface area contributed by atoms with Crippen molar-refractivity contribution in [2.24, 2.45) is 0 Å². The SMILES string of the molecule is CCc1ccc2nc(-c3ccc(Cl)cc3)cc(C(=O)Nc3c(C)cccc3C)c2c1. The minimum absolute atomic E-state index is 0.136. The van der Waals surface area contributed by atoms with Crippen molar-refractivity contribution in [2.75, 3.05) is 5.32 Å². The number of hydrogen-bond donors (Lipinski definition) is 1. The second kappa shape index (κ2) is 8.29. The molecule has 0 spiro atoms. The van der Waals surface area contributed by atoms with Crippen LogP contribution in [-0.2, 0) is 6.42 Å². The fraction of sp³-hybridized carbons (Fsp3) is 0.154. The summed E-state index contributed by atoms with van der Waals surface area (Å²) in [6.45, 7) is 6.11. The van der Waals surface area contributed by atoms with Crippen LogP contribution >= 0.6 is 11.6 Å². The van der Waals surface area contributed by atoms with Crippen LogP contribution in [0, 0.1) is 13.8 Å². The predicted octanol–water partition coefficient (Wildman–Crippen LogP) is 6.99. The van der Waals surface area contributed by atoms with Crippen LogP contribution in [0.1, 0.15) is 34.0 Å². The van der Waals surface area contributed by atoms with Gasteiger partial charge in [-0.2, -0.15) is 0 Å². The lowest BCUT2D eigenvalue weighted by molar-refractivity contribution is 0.102. The van der Waals surface area contributed by atoms with Crippen LogP contribution in [0.3, 0.4) is 0 Å². The summed E-state index contributed by atoms with van der Waals surface area (Å²) in [5.41, 5.74) is 7.17. The second-order valence-corrected chi connectivity index (χ2v) is 7.92. The summed E-state index contributed by atoms with van der Waals surface area (Å²) in [5.74, 6) is -0.136. The van der Waals surface area contributed by atoms with Crippen molar-refractivity contribution in [3.8, 4) is 11.3 Å². The first-order valence-electron chi connectivity index (χ1n) is 10.0. The van der Waals surface area contributed by atoms with Crippen LogP contribution in [0.15, 0.2) is 66.7 Å². The van der Waals surface area contributed by atoms with Crippen molar-refractivity contribution in [2.45, 2.75) is 27.2 Å². The summed E-state index contributed by atoms with van der Waals surface area (Å²) < 4.78 is 0. The van der Waals surface area contributed by atoms with Gasteiger partial charge >= 0.3 is 0 Å². The van der Waals surface area contributed by atoms with Crippen LogP contribution in [0.5, 0.6) is 0 Å². The molecule has 4 rings (SSSR count). The van der Waals surface area contributed by atoms with Crippen molar-refractivity contribution in [1.82, 2.24) is 4.98 Å². The number of nitrogens with zero attached hydrogens (tertiary/aromatic N) is 1. The molecule has 0 unspecified atom stereocenters. The first-order valence-corrected chi connectivity index (χ1v) is 10.4. The van der Waals surface area contributed by atoms with E-state index in [1.54, 1.807) is 0 Å². The molecule has 1 aromatic heterocycles. The minimum Gasteiger partial charge on any atom is -0.321 e. The van der Waals surface area contributed by atoms with Crippen molar-refractivity contribution in [3.63, 3.8) is 0 Å². The number of para-hydroxylation sites is 1. The first-order chi connectivity index (χ1) is 14.5. The van der Waals surface area contributed by atoms with Gasteiger partial charge in [-0.15, -0.1) is 0 Å². The fourth-order valence-corrected chi connectivity index (χ4v) is 3.77. The van der Waals surface area contributed by atoms with Crippen molar-refractivity contribution in [3.05, 3.63) is 94.0 Å². The molecule has 0 radical (unpaired) electrons. The number of anilines is 1. The highest BCUT2D eigenvalue weighted by molar-refractivity contribution is 6.30. The maximum absolute atomic E-state index is 13.4. The molecule has 4 aromatic rings. The number of hydrogen-bond acceptors (Lipinski definition) is 2. The molecule has 1 N–H and O–H groups in total. The van der Waals surface area contributed by atoms with Gasteiger partial charge in [-0.1, -0.05) is 54.9 Å². The molecule has 1 amide bonds. The van der Waals surface area contributed by atoms with E-state index in [4.69, 9.17) is 16.6 Å². The zero-order valence-electron chi connectivity index (χ0n) is 17.3. The van der Waals surface area contributed by atoms with Gasteiger partial charge in [0.05, 0.1) is 16.8 Å². The molecular weight excluding hydrogens is 392 g/mol. The van der Waals surface area contributed by atoms with Gasteiger partial charge in [0.2, 0.25) is 0 Å². The normalized spacial score (nSPS) is 10.9. The summed E-state index contributed by atoms with van der Waals surface area (Å²) in [6, 6.07) is 21.5. The molecular formula is C26H23ClN2O. The summed E-state index contributed by atoms with van der Waals surface area (Å²) in [6.07, 6.45) is 0.896. The van der Waals surface area contributed by atoms with Gasteiger partial charge in [-0.3, -0.25) is 4.79 Å². The molecule has 0 saturated carbocycles. The molecule has 0 saturated heterocycles. The van der Waals surface area contributed by atoms with E-state index < -0.39 is 0 Å². The van der Waals surface area contributed by atoms with E-state index in [9.17, 15) is 4.79 Å². The lowest BCUT2D eigenvalue weighted by Crippen LogP contribution is -2.15. The third kappa shape index (κ3) is 3.94. The third-order valence-corrected chi connectivity index (χ3v) is 5.64. The molecule has 0 aliphatic carbocycles. The number of benzene rings is 3. The number of amides is 1. The van der Waals surface area contributed by atoms with Gasteiger partial charge in [0.1, 0.15) is 0 Å². The Morgan fingerprint density at radius 3 is 2.33 bits per heavy atom. The number of pyridine rings is 1. The van der Waals surface area contributed by atoms with Crippen molar-refractivity contribution in [1.29, 1.82) is 0 Å². The number of aromatic nitrogens is 1. The monoisotopic (exact) mass is 414 g/mol. The van der Waals surface area contributed by atoms with Gasteiger partial charge in [0.25, 0.3) is 5.91 Å². The van der Waals surface area contributed by atoms with E-state index in [-0.39, 0.29) is 5.91 Å². The van der Waals surface area contributed by atoms with E-state index >= 15 is 0 Å². The maximum Gasteiger partial charge on any atom is 0.256 e. The number of carbonyl (C=O) groups excluding carboxylic acids is 1. The summed E-state index contributed by atoms with van der Waals surface area (Å²) >= 11 is 6.04. The number of rotatable bonds is 4. The standard InChI is InChI=1S/C26H23ClN2O/c1-4-18-8-13-23-21(14-18)22(15-24(28-23)19-9-11-20(27)12-10-19)26(30)29-25-16(2)6-5-7-17(25)3/h5-15H,4H2,1-3H3,(H,29,30). The number of aryl methyl sites for hydroxylation is 3. The van der Waals surface area contributed by atoms with Gasteiger partial charge in [-0.25, -0.2) is 4.98 Å². The van der Waals surface area contributed by atoms with Crippen LogP contribution in [0.4, 0.5) is 5.69 Å². The Morgan fingerprint density at radius 2 is 1.67 bits per heavy atom. The Kier molecular flexibility index (Phi) is 5.56. The Labute approximate surface area is 181 Å².